The van der Waals surface area contributed by atoms with Crippen LogP contribution in [0.5, 0.6) is 0 Å². The van der Waals surface area contributed by atoms with Crippen molar-refractivity contribution in [2.24, 2.45) is 0 Å². The average molecular weight is 254 g/mol. The Labute approximate surface area is 114 Å². The molecular formula is C16H18N2O. The summed E-state index contributed by atoms with van der Waals surface area (Å²) >= 11 is 0. The minimum absolute atomic E-state index is 0.371. The second-order valence-corrected chi connectivity index (χ2v) is 4.68. The molecule has 0 radical (unpaired) electrons. The molecule has 0 aliphatic heterocycles. The third-order valence-electron chi connectivity index (χ3n) is 2.88. The highest BCUT2D eigenvalue weighted by atomic mass is 16.5. The summed E-state index contributed by atoms with van der Waals surface area (Å²) in [6.45, 7) is 0.371. The standard InChI is InChI=1S/C16H18N2O/c1-17(2)16-10-8-15(9-11-16)13-18(19)12-14-6-4-3-5-7-14/h3-11,13H,12H2,1-2H3. The van der Waals surface area contributed by atoms with Gasteiger partial charge in [-0.2, -0.15) is 0 Å². The van der Waals surface area contributed by atoms with Crippen LogP contribution in [0.3, 0.4) is 0 Å². The van der Waals surface area contributed by atoms with E-state index in [2.05, 4.69) is 0 Å². The Balaban J connectivity index is 2.08. The number of rotatable bonds is 4. The van der Waals surface area contributed by atoms with Gasteiger partial charge >= 0.3 is 0 Å². The van der Waals surface area contributed by atoms with Crippen molar-refractivity contribution in [1.82, 2.24) is 0 Å². The number of hydrogen-bond donors (Lipinski definition) is 0. The van der Waals surface area contributed by atoms with Crippen molar-refractivity contribution >= 4 is 11.9 Å². The SMILES string of the molecule is CN(C)c1ccc(C=[N+]([O-])Cc2ccccc2)cc1. The summed E-state index contributed by atoms with van der Waals surface area (Å²) in [5.74, 6) is 0. The lowest BCUT2D eigenvalue weighted by atomic mass is 10.2. The maximum Gasteiger partial charge on any atom is 0.182 e. The smallest absolute Gasteiger partial charge is 0.182 e. The Morgan fingerprint density at radius 1 is 1.00 bits per heavy atom. The predicted octanol–water partition coefficient (Wildman–Crippen LogP) is 2.88. The molecule has 98 valence electrons. The summed E-state index contributed by atoms with van der Waals surface area (Å²) < 4.78 is 0.958. The van der Waals surface area contributed by atoms with E-state index in [0.29, 0.717) is 6.54 Å². The molecule has 0 saturated heterocycles. The minimum atomic E-state index is 0.371. The molecule has 3 nitrogen and oxygen atoms in total. The van der Waals surface area contributed by atoms with Gasteiger partial charge in [-0.1, -0.05) is 30.3 Å². The third-order valence-corrected chi connectivity index (χ3v) is 2.88. The summed E-state index contributed by atoms with van der Waals surface area (Å²) in [5.41, 5.74) is 3.05. The number of hydrogen-bond acceptors (Lipinski definition) is 2. The summed E-state index contributed by atoms with van der Waals surface area (Å²) in [5, 5.41) is 11.9. The maximum absolute atomic E-state index is 11.9. The van der Waals surface area contributed by atoms with Crippen LogP contribution in [0.1, 0.15) is 11.1 Å². The van der Waals surface area contributed by atoms with Crippen LogP contribution in [0.25, 0.3) is 0 Å². The fourth-order valence-electron chi connectivity index (χ4n) is 1.83. The Morgan fingerprint density at radius 3 is 2.21 bits per heavy atom. The quantitative estimate of drug-likeness (QED) is 0.363. The molecule has 0 fully saturated rings. The van der Waals surface area contributed by atoms with Crippen molar-refractivity contribution in [2.45, 2.75) is 6.54 Å². The summed E-state index contributed by atoms with van der Waals surface area (Å²) in [4.78, 5) is 2.03. The molecule has 0 saturated carbocycles. The van der Waals surface area contributed by atoms with E-state index >= 15 is 0 Å². The maximum atomic E-state index is 11.9. The van der Waals surface area contributed by atoms with Gasteiger partial charge in [0.15, 0.2) is 12.8 Å². The van der Waals surface area contributed by atoms with Gasteiger partial charge in [-0.25, -0.2) is 4.74 Å². The van der Waals surface area contributed by atoms with Crippen LogP contribution in [-0.2, 0) is 6.54 Å². The van der Waals surface area contributed by atoms with Crippen molar-refractivity contribution < 1.29 is 4.74 Å². The van der Waals surface area contributed by atoms with Crippen molar-refractivity contribution in [3.05, 3.63) is 70.9 Å². The highest BCUT2D eigenvalue weighted by molar-refractivity contribution is 5.76. The summed E-state index contributed by atoms with van der Waals surface area (Å²) in [6, 6.07) is 17.6. The third kappa shape index (κ3) is 3.85. The van der Waals surface area contributed by atoms with Gasteiger partial charge in [-0.15, -0.1) is 0 Å². The molecule has 0 aliphatic carbocycles. The first-order valence-electron chi connectivity index (χ1n) is 6.25. The van der Waals surface area contributed by atoms with Gasteiger partial charge in [-0.3, -0.25) is 0 Å². The molecule has 2 aromatic carbocycles. The molecule has 0 aliphatic rings. The van der Waals surface area contributed by atoms with E-state index in [1.165, 1.54) is 0 Å². The van der Waals surface area contributed by atoms with Gasteiger partial charge in [0.1, 0.15) is 0 Å². The number of benzene rings is 2. The van der Waals surface area contributed by atoms with Gasteiger partial charge in [0.05, 0.1) is 0 Å². The largest absolute Gasteiger partial charge is 0.624 e. The monoisotopic (exact) mass is 254 g/mol. The van der Waals surface area contributed by atoms with Crippen LogP contribution >= 0.6 is 0 Å². The Hall–Kier alpha value is -2.29. The first-order chi connectivity index (χ1) is 9.15. The van der Waals surface area contributed by atoms with E-state index < -0.39 is 0 Å². The van der Waals surface area contributed by atoms with E-state index in [9.17, 15) is 5.21 Å². The van der Waals surface area contributed by atoms with Crippen molar-refractivity contribution in [1.29, 1.82) is 0 Å². The molecule has 0 heterocycles. The van der Waals surface area contributed by atoms with E-state index in [1.54, 1.807) is 6.21 Å². The fraction of sp³-hybridized carbons (Fsp3) is 0.188. The van der Waals surface area contributed by atoms with E-state index in [1.807, 2.05) is 73.6 Å². The lowest BCUT2D eigenvalue weighted by Crippen LogP contribution is -2.09. The van der Waals surface area contributed by atoms with E-state index in [-0.39, 0.29) is 0 Å². The summed E-state index contributed by atoms with van der Waals surface area (Å²) in [7, 11) is 3.99. The second-order valence-electron chi connectivity index (χ2n) is 4.68. The normalized spacial score (nSPS) is 11.4. The van der Waals surface area contributed by atoms with Crippen molar-refractivity contribution in [3.8, 4) is 0 Å². The molecule has 0 aromatic heterocycles. The number of anilines is 1. The molecule has 0 spiro atoms. The lowest BCUT2D eigenvalue weighted by molar-refractivity contribution is -0.469. The first-order valence-corrected chi connectivity index (χ1v) is 6.25. The molecule has 0 unspecified atom stereocenters. The minimum Gasteiger partial charge on any atom is -0.624 e. The van der Waals surface area contributed by atoms with Crippen LogP contribution in [0.15, 0.2) is 54.6 Å². The first kappa shape index (κ1) is 13.1. The lowest BCUT2D eigenvalue weighted by Gasteiger charge is -2.11. The van der Waals surface area contributed by atoms with Crippen molar-refractivity contribution in [3.63, 3.8) is 0 Å². The molecule has 0 N–H and O–H groups in total. The molecule has 2 rings (SSSR count). The number of hydroxylamine groups is 1. The van der Waals surface area contributed by atoms with Gasteiger partial charge in [-0.05, 0) is 24.3 Å². The van der Waals surface area contributed by atoms with Crippen LogP contribution in [0.4, 0.5) is 5.69 Å². The second kappa shape index (κ2) is 6.05. The van der Waals surface area contributed by atoms with E-state index in [0.717, 1.165) is 21.6 Å². The zero-order valence-electron chi connectivity index (χ0n) is 11.3. The van der Waals surface area contributed by atoms with Gasteiger partial charge in [0, 0.05) is 30.9 Å². The number of nitrogens with zero attached hydrogens (tertiary/aromatic N) is 2. The highest BCUT2D eigenvalue weighted by Crippen LogP contribution is 2.11. The van der Waals surface area contributed by atoms with E-state index in [4.69, 9.17) is 0 Å². The molecule has 0 bridgehead atoms. The Kier molecular flexibility index (Phi) is 4.18. The van der Waals surface area contributed by atoms with Crippen LogP contribution < -0.4 is 4.90 Å². The molecule has 19 heavy (non-hydrogen) atoms. The van der Waals surface area contributed by atoms with Gasteiger partial charge in [0.2, 0.25) is 0 Å². The van der Waals surface area contributed by atoms with Gasteiger partial charge in [0.25, 0.3) is 0 Å². The predicted molar refractivity (Wildman–Crippen MR) is 79.7 cm³/mol. The molecule has 0 amide bonds. The Morgan fingerprint density at radius 2 is 1.63 bits per heavy atom. The van der Waals surface area contributed by atoms with Crippen LogP contribution in [0, 0.1) is 5.21 Å². The van der Waals surface area contributed by atoms with Crippen molar-refractivity contribution in [2.75, 3.05) is 19.0 Å². The molecule has 3 heteroatoms. The Bertz CT molecular complexity index is 545. The molecule has 2 aromatic rings. The highest BCUT2D eigenvalue weighted by Gasteiger charge is 2.00. The fourth-order valence-corrected chi connectivity index (χ4v) is 1.83. The zero-order chi connectivity index (χ0) is 13.7. The van der Waals surface area contributed by atoms with Crippen LogP contribution in [-0.4, -0.2) is 25.0 Å². The van der Waals surface area contributed by atoms with Crippen LogP contribution in [0.2, 0.25) is 0 Å². The van der Waals surface area contributed by atoms with Gasteiger partial charge < -0.3 is 10.1 Å². The molecular weight excluding hydrogens is 236 g/mol. The molecule has 0 atom stereocenters. The topological polar surface area (TPSA) is 29.3 Å². The zero-order valence-corrected chi connectivity index (χ0v) is 11.3. The average Bonchev–Trinajstić information content (AvgIpc) is 2.40. The summed E-state index contributed by atoms with van der Waals surface area (Å²) in [6.07, 6.45) is 1.62.